The topological polar surface area (TPSA) is 40.6 Å². The minimum atomic E-state index is -0.0858. The molecule has 24 heavy (non-hydrogen) atoms. The second-order valence-electron chi connectivity index (χ2n) is 7.22. The quantitative estimate of drug-likeness (QED) is 0.850. The predicted octanol–water partition coefficient (Wildman–Crippen LogP) is 3.33. The van der Waals surface area contributed by atoms with Gasteiger partial charge in [0.1, 0.15) is 0 Å². The fraction of sp³-hybridized carbons (Fsp3) is 0.600. The summed E-state index contributed by atoms with van der Waals surface area (Å²) in [6.45, 7) is 1.03. The van der Waals surface area contributed by atoms with Gasteiger partial charge in [0.05, 0.1) is 6.54 Å². The maximum absolute atomic E-state index is 12.8. The van der Waals surface area contributed by atoms with Crippen LogP contribution < -0.4 is 0 Å². The number of likely N-dealkylation sites (N-methyl/N-ethyl adjacent to an activating group) is 1. The van der Waals surface area contributed by atoms with Crippen molar-refractivity contribution in [1.29, 1.82) is 0 Å². The van der Waals surface area contributed by atoms with Gasteiger partial charge in [-0.2, -0.15) is 0 Å². The number of nitrogens with zero attached hydrogens (tertiary/aromatic N) is 2. The molecular weight excluding hydrogens is 300 g/mol. The van der Waals surface area contributed by atoms with Crippen LogP contribution in [0, 0.1) is 5.92 Å². The van der Waals surface area contributed by atoms with Crippen LogP contribution in [0.4, 0.5) is 0 Å². The van der Waals surface area contributed by atoms with Crippen LogP contribution in [0.5, 0.6) is 0 Å². The molecule has 1 atom stereocenters. The molecular formula is C20H28N2O2. The Hall–Kier alpha value is -1.84. The zero-order valence-electron chi connectivity index (χ0n) is 14.6. The van der Waals surface area contributed by atoms with Gasteiger partial charge >= 0.3 is 0 Å². The molecule has 4 heteroatoms. The van der Waals surface area contributed by atoms with Crippen LogP contribution in [-0.4, -0.2) is 47.8 Å². The van der Waals surface area contributed by atoms with E-state index < -0.39 is 0 Å². The summed E-state index contributed by atoms with van der Waals surface area (Å²) < 4.78 is 0. The highest BCUT2D eigenvalue weighted by Gasteiger charge is 2.35. The molecule has 1 aromatic rings. The monoisotopic (exact) mass is 328 g/mol. The molecule has 0 N–H and O–H groups in total. The van der Waals surface area contributed by atoms with Crippen molar-refractivity contribution in [3.8, 4) is 0 Å². The van der Waals surface area contributed by atoms with Crippen LogP contribution in [0.1, 0.15) is 55.3 Å². The highest BCUT2D eigenvalue weighted by molar-refractivity contribution is 5.96. The summed E-state index contributed by atoms with van der Waals surface area (Å²) in [5.74, 6) is 0.688. The molecule has 1 aromatic carbocycles. The van der Waals surface area contributed by atoms with Gasteiger partial charge in [-0.15, -0.1) is 0 Å². The molecule has 1 unspecified atom stereocenters. The van der Waals surface area contributed by atoms with Gasteiger partial charge < -0.3 is 9.80 Å². The smallest absolute Gasteiger partial charge is 0.254 e. The van der Waals surface area contributed by atoms with Crippen LogP contribution in [-0.2, 0) is 4.79 Å². The summed E-state index contributed by atoms with van der Waals surface area (Å²) in [7, 11) is 1.72. The van der Waals surface area contributed by atoms with Crippen LogP contribution in [0.25, 0.3) is 0 Å². The van der Waals surface area contributed by atoms with E-state index in [1.807, 2.05) is 18.2 Å². The third kappa shape index (κ3) is 3.80. The van der Waals surface area contributed by atoms with Crippen molar-refractivity contribution < 1.29 is 9.59 Å². The Kier molecular flexibility index (Phi) is 5.54. The van der Waals surface area contributed by atoms with Gasteiger partial charge in [-0.25, -0.2) is 0 Å². The third-order valence-corrected chi connectivity index (χ3v) is 5.55. The van der Waals surface area contributed by atoms with Crippen molar-refractivity contribution in [3.63, 3.8) is 0 Å². The maximum Gasteiger partial charge on any atom is 0.254 e. The second-order valence-corrected chi connectivity index (χ2v) is 7.22. The van der Waals surface area contributed by atoms with Gasteiger partial charge in [-0.1, -0.05) is 37.5 Å². The first-order valence-electron chi connectivity index (χ1n) is 9.27. The fourth-order valence-corrected chi connectivity index (χ4v) is 4.28. The molecule has 130 valence electrons. The predicted molar refractivity (Wildman–Crippen MR) is 94.7 cm³/mol. The van der Waals surface area contributed by atoms with E-state index in [1.165, 1.54) is 32.1 Å². The number of amides is 2. The van der Waals surface area contributed by atoms with Gasteiger partial charge in [0.15, 0.2) is 0 Å². The first-order chi connectivity index (χ1) is 11.7. The largest absolute Gasteiger partial charge is 0.338 e. The number of carbonyl (C=O) groups excluding carboxylic acids is 2. The minimum absolute atomic E-state index is 0.0858. The first kappa shape index (κ1) is 17.0. The summed E-state index contributed by atoms with van der Waals surface area (Å²) >= 11 is 0. The van der Waals surface area contributed by atoms with Gasteiger partial charge in [-0.05, 0) is 43.7 Å². The maximum atomic E-state index is 12.8. The molecule has 0 aromatic heterocycles. The molecule has 2 amide bonds. The summed E-state index contributed by atoms with van der Waals surface area (Å²) in [4.78, 5) is 28.8. The molecule has 3 rings (SSSR count). The Balaban J connectivity index is 1.60. The average molecular weight is 328 g/mol. The molecule has 1 aliphatic carbocycles. The third-order valence-electron chi connectivity index (χ3n) is 5.55. The van der Waals surface area contributed by atoms with Crippen molar-refractivity contribution in [2.75, 3.05) is 20.1 Å². The molecule has 1 saturated carbocycles. The molecule has 0 spiro atoms. The Morgan fingerprint density at radius 2 is 1.75 bits per heavy atom. The lowest BCUT2D eigenvalue weighted by Crippen LogP contribution is -2.46. The standard InChI is InChI=1S/C20H28N2O2/c1-21(20(24)17-11-6-3-7-12-17)15-19(23)22-14-8-13-18(22)16-9-4-2-5-10-16/h3,6-7,11-12,16,18H,2,4-5,8-10,13-15H2,1H3. The molecule has 0 radical (unpaired) electrons. The zero-order chi connectivity index (χ0) is 16.9. The summed E-state index contributed by atoms with van der Waals surface area (Å²) in [6.07, 6.45) is 8.69. The number of likely N-dealkylation sites (tertiary alicyclic amines) is 1. The number of hydrogen-bond acceptors (Lipinski definition) is 2. The Labute approximate surface area is 144 Å². The lowest BCUT2D eigenvalue weighted by Gasteiger charge is -2.34. The van der Waals surface area contributed by atoms with Gasteiger partial charge in [0.2, 0.25) is 5.91 Å². The Morgan fingerprint density at radius 3 is 2.46 bits per heavy atom. The number of hydrogen-bond donors (Lipinski definition) is 0. The van der Waals surface area contributed by atoms with Gasteiger partial charge in [0, 0.05) is 25.2 Å². The van der Waals surface area contributed by atoms with Crippen LogP contribution in [0.3, 0.4) is 0 Å². The number of rotatable bonds is 4. The van der Waals surface area contributed by atoms with Crippen molar-refractivity contribution in [1.82, 2.24) is 9.80 Å². The van der Waals surface area contributed by atoms with Crippen molar-refractivity contribution >= 4 is 11.8 Å². The highest BCUT2D eigenvalue weighted by Crippen LogP contribution is 2.34. The zero-order valence-corrected chi connectivity index (χ0v) is 14.6. The molecule has 0 bridgehead atoms. The summed E-state index contributed by atoms with van der Waals surface area (Å²) in [5.41, 5.74) is 0.637. The lowest BCUT2D eigenvalue weighted by molar-refractivity contribution is -0.133. The Bertz CT molecular complexity index is 566. The number of carbonyl (C=O) groups is 2. The molecule has 1 heterocycles. The average Bonchev–Trinajstić information content (AvgIpc) is 3.12. The fourth-order valence-electron chi connectivity index (χ4n) is 4.28. The van der Waals surface area contributed by atoms with Crippen LogP contribution in [0.15, 0.2) is 30.3 Å². The molecule has 1 saturated heterocycles. The first-order valence-corrected chi connectivity index (χ1v) is 9.27. The SMILES string of the molecule is CN(CC(=O)N1CCCC1C1CCCCC1)C(=O)c1ccccc1. The van der Waals surface area contributed by atoms with Crippen LogP contribution in [0.2, 0.25) is 0 Å². The molecule has 2 aliphatic rings. The molecule has 4 nitrogen and oxygen atoms in total. The van der Waals surface area contributed by atoms with Crippen molar-refractivity contribution in [3.05, 3.63) is 35.9 Å². The van der Waals surface area contributed by atoms with Crippen LogP contribution >= 0.6 is 0 Å². The Morgan fingerprint density at radius 1 is 1.04 bits per heavy atom. The summed E-state index contributed by atoms with van der Waals surface area (Å²) in [5, 5.41) is 0. The van der Waals surface area contributed by atoms with Crippen molar-refractivity contribution in [2.24, 2.45) is 5.92 Å². The normalized spacial score (nSPS) is 21.7. The van der Waals surface area contributed by atoms with E-state index in [0.717, 1.165) is 19.4 Å². The minimum Gasteiger partial charge on any atom is -0.338 e. The van der Waals surface area contributed by atoms with E-state index in [-0.39, 0.29) is 18.4 Å². The lowest BCUT2D eigenvalue weighted by atomic mass is 9.83. The second kappa shape index (κ2) is 7.82. The number of benzene rings is 1. The molecule has 1 aliphatic heterocycles. The van der Waals surface area contributed by atoms with Gasteiger partial charge in [-0.3, -0.25) is 9.59 Å². The summed E-state index contributed by atoms with van der Waals surface area (Å²) in [6, 6.07) is 9.58. The van der Waals surface area contributed by atoms with E-state index in [2.05, 4.69) is 4.90 Å². The van der Waals surface area contributed by atoms with E-state index in [4.69, 9.17) is 0 Å². The van der Waals surface area contributed by atoms with E-state index in [9.17, 15) is 9.59 Å². The van der Waals surface area contributed by atoms with E-state index in [0.29, 0.717) is 17.5 Å². The van der Waals surface area contributed by atoms with E-state index >= 15 is 0 Å². The highest BCUT2D eigenvalue weighted by atomic mass is 16.2. The van der Waals surface area contributed by atoms with Crippen molar-refractivity contribution in [2.45, 2.75) is 51.0 Å². The molecule has 2 fully saturated rings. The van der Waals surface area contributed by atoms with E-state index in [1.54, 1.807) is 24.1 Å². The van der Waals surface area contributed by atoms with Gasteiger partial charge in [0.25, 0.3) is 5.91 Å².